The maximum Gasteiger partial charge on any atom is 0.416 e. The zero-order valence-corrected chi connectivity index (χ0v) is 18.5. The van der Waals surface area contributed by atoms with Gasteiger partial charge in [0.15, 0.2) is 5.82 Å². The molecule has 0 unspecified atom stereocenters. The topological polar surface area (TPSA) is 70.7 Å². The van der Waals surface area contributed by atoms with Crippen LogP contribution in [0.5, 0.6) is 5.88 Å². The van der Waals surface area contributed by atoms with Crippen LogP contribution in [0.1, 0.15) is 46.5 Å². The molecule has 0 N–H and O–H groups in total. The van der Waals surface area contributed by atoms with E-state index in [1.807, 2.05) is 29.8 Å². The van der Waals surface area contributed by atoms with Gasteiger partial charge in [0.25, 0.3) is 0 Å². The molecule has 10 heteroatoms. The average molecular weight is 466 g/mol. The predicted molar refractivity (Wildman–Crippen MR) is 120 cm³/mol. The van der Waals surface area contributed by atoms with Gasteiger partial charge < -0.3 is 9.30 Å². The first kappa shape index (κ1) is 21.9. The molecule has 1 atom stereocenters. The minimum Gasteiger partial charge on any atom is -0.479 e. The third-order valence-electron chi connectivity index (χ3n) is 5.75. The van der Waals surface area contributed by atoms with Crippen molar-refractivity contribution in [2.24, 2.45) is 0 Å². The lowest BCUT2D eigenvalue weighted by molar-refractivity contribution is -0.138. The van der Waals surface area contributed by atoms with E-state index in [1.54, 1.807) is 36.3 Å². The van der Waals surface area contributed by atoms with Gasteiger partial charge in [0.2, 0.25) is 5.88 Å². The van der Waals surface area contributed by atoms with Crippen molar-refractivity contribution >= 4 is 12.2 Å². The Morgan fingerprint density at radius 3 is 2.65 bits per heavy atom. The maximum absolute atomic E-state index is 13.5. The number of aryl methyl sites for hydroxylation is 2. The number of imidazole rings is 1. The van der Waals surface area contributed by atoms with Crippen LogP contribution in [-0.4, -0.2) is 36.4 Å². The second kappa shape index (κ2) is 8.44. The van der Waals surface area contributed by atoms with Gasteiger partial charge in [0, 0.05) is 18.7 Å². The first-order valence-electron chi connectivity index (χ1n) is 10.7. The lowest BCUT2D eigenvalue weighted by Crippen LogP contribution is -2.12. The fourth-order valence-corrected chi connectivity index (χ4v) is 4.20. The zero-order chi connectivity index (χ0) is 23.9. The van der Waals surface area contributed by atoms with E-state index in [9.17, 15) is 13.2 Å². The fourth-order valence-electron chi connectivity index (χ4n) is 4.20. The van der Waals surface area contributed by atoms with Crippen molar-refractivity contribution < 1.29 is 17.9 Å². The molecule has 4 aromatic rings. The van der Waals surface area contributed by atoms with Crippen molar-refractivity contribution in [2.45, 2.75) is 32.0 Å². The molecule has 0 amide bonds. The third-order valence-corrected chi connectivity index (χ3v) is 5.75. The van der Waals surface area contributed by atoms with Crippen molar-refractivity contribution in [3.63, 3.8) is 0 Å². The van der Waals surface area contributed by atoms with Crippen LogP contribution in [0.3, 0.4) is 0 Å². The number of benzene rings is 1. The van der Waals surface area contributed by atoms with Gasteiger partial charge in [-0.3, -0.25) is 0 Å². The van der Waals surface area contributed by atoms with Crippen LogP contribution in [0, 0.1) is 6.92 Å². The van der Waals surface area contributed by atoms with Crippen molar-refractivity contribution in [1.29, 1.82) is 0 Å². The minimum atomic E-state index is -4.42. The summed E-state index contributed by atoms with van der Waals surface area (Å²) >= 11 is 0. The summed E-state index contributed by atoms with van der Waals surface area (Å²) in [6, 6.07) is 9.36. The van der Waals surface area contributed by atoms with E-state index < -0.39 is 17.7 Å². The Bertz CT molecular complexity index is 1370. The fraction of sp³-hybridized carbons (Fsp3) is 0.250. The molecule has 4 heterocycles. The minimum absolute atomic E-state index is 0.230. The zero-order valence-electron chi connectivity index (χ0n) is 18.5. The molecule has 5 rings (SSSR count). The number of rotatable bonds is 5. The van der Waals surface area contributed by atoms with Crippen LogP contribution in [-0.2, 0) is 12.7 Å². The van der Waals surface area contributed by atoms with Crippen LogP contribution in [0.4, 0.5) is 13.2 Å². The van der Waals surface area contributed by atoms with E-state index >= 15 is 0 Å². The highest BCUT2D eigenvalue weighted by Crippen LogP contribution is 2.40. The molecular formula is C24H21F3N6O. The molecule has 0 fully saturated rings. The molecule has 0 saturated carbocycles. The molecule has 174 valence electrons. The summed E-state index contributed by atoms with van der Waals surface area (Å²) < 4.78 is 49.5. The molecule has 1 aliphatic rings. The first-order chi connectivity index (χ1) is 16.3. The summed E-state index contributed by atoms with van der Waals surface area (Å²) in [5.41, 5.74) is 1.87. The Kier molecular flexibility index (Phi) is 5.43. The number of aromatic nitrogens is 6. The maximum atomic E-state index is 13.5. The summed E-state index contributed by atoms with van der Waals surface area (Å²) in [5, 5.41) is 4.45. The van der Waals surface area contributed by atoms with Crippen LogP contribution in [0.15, 0.2) is 48.9 Å². The Balaban J connectivity index is 1.41. The Labute approximate surface area is 193 Å². The quantitative estimate of drug-likeness (QED) is 0.418. The number of pyridine rings is 1. The smallest absolute Gasteiger partial charge is 0.416 e. The third kappa shape index (κ3) is 4.07. The molecule has 1 aromatic carbocycles. The highest BCUT2D eigenvalue weighted by atomic mass is 19.4. The summed E-state index contributed by atoms with van der Waals surface area (Å²) in [7, 11) is 1.55. The average Bonchev–Trinajstić information content (AvgIpc) is 3.52. The van der Waals surface area contributed by atoms with Crippen molar-refractivity contribution in [2.75, 3.05) is 7.11 Å². The molecule has 3 aromatic heterocycles. The Hall–Kier alpha value is -3.95. The number of halogens is 3. The number of fused-ring (bicyclic) bond motifs is 1. The van der Waals surface area contributed by atoms with Crippen molar-refractivity contribution in [3.05, 3.63) is 83.1 Å². The van der Waals surface area contributed by atoms with Crippen LogP contribution in [0.25, 0.3) is 17.8 Å². The number of hydrogen-bond acceptors (Lipinski definition) is 5. The molecular weight excluding hydrogens is 445 g/mol. The number of hydrogen-bond donors (Lipinski definition) is 0. The van der Waals surface area contributed by atoms with Gasteiger partial charge in [-0.05, 0) is 49.3 Å². The van der Waals surface area contributed by atoms with Crippen LogP contribution < -0.4 is 4.74 Å². The van der Waals surface area contributed by atoms with Gasteiger partial charge in [-0.15, -0.1) is 0 Å². The van der Waals surface area contributed by atoms with Crippen LogP contribution >= 0.6 is 0 Å². The normalized spacial score (nSPS) is 15.7. The first-order valence-corrected chi connectivity index (χ1v) is 10.7. The summed E-state index contributed by atoms with van der Waals surface area (Å²) in [6.45, 7) is 2.41. The summed E-state index contributed by atoms with van der Waals surface area (Å²) in [6.07, 6.45) is 3.11. The SMILES string of the molecule is COc1nc(/C=C/c2nc3n(n2)CC[C@H]3c2ccccc2C(F)(F)F)ccc1-n1cnc(C)c1. The second-order valence-electron chi connectivity index (χ2n) is 8.00. The lowest BCUT2D eigenvalue weighted by atomic mass is 9.92. The van der Waals surface area contributed by atoms with Gasteiger partial charge in [-0.1, -0.05) is 18.2 Å². The number of methoxy groups -OCH3 is 1. The summed E-state index contributed by atoms with van der Waals surface area (Å²) in [5.74, 6) is 0.930. The molecule has 34 heavy (non-hydrogen) atoms. The Morgan fingerprint density at radius 1 is 1.09 bits per heavy atom. The van der Waals surface area contributed by atoms with Gasteiger partial charge >= 0.3 is 6.18 Å². The van der Waals surface area contributed by atoms with Crippen molar-refractivity contribution in [3.8, 4) is 11.6 Å². The monoisotopic (exact) mass is 466 g/mol. The van der Waals surface area contributed by atoms with Crippen molar-refractivity contribution in [1.82, 2.24) is 29.3 Å². The standard InChI is InChI=1S/C24H21F3N6O/c1-15-13-32(14-28-15)20-9-7-16(29-23(20)34-2)8-10-21-30-22-18(11-12-33(22)31-21)17-5-3-4-6-19(17)24(25,26)27/h3-10,13-14,18H,11-12H2,1-2H3/b10-8+/t18-/m0/s1. The number of alkyl halides is 3. The number of nitrogens with zero attached hydrogens (tertiary/aromatic N) is 6. The van der Waals surface area contributed by atoms with Gasteiger partial charge in [-0.2, -0.15) is 18.3 Å². The molecule has 0 bridgehead atoms. The molecule has 0 aliphatic carbocycles. The van der Waals surface area contributed by atoms with Gasteiger partial charge in [0.05, 0.1) is 30.4 Å². The lowest BCUT2D eigenvalue weighted by Gasteiger charge is -2.16. The molecule has 0 saturated heterocycles. The summed E-state index contributed by atoms with van der Waals surface area (Å²) in [4.78, 5) is 13.3. The second-order valence-corrected chi connectivity index (χ2v) is 8.00. The van der Waals surface area contributed by atoms with Crippen LogP contribution in [0.2, 0.25) is 0 Å². The van der Waals surface area contributed by atoms with E-state index in [0.29, 0.717) is 36.2 Å². The van der Waals surface area contributed by atoms with E-state index in [4.69, 9.17) is 4.74 Å². The molecule has 0 radical (unpaired) electrons. The van der Waals surface area contributed by atoms with Gasteiger partial charge in [0.1, 0.15) is 11.5 Å². The van der Waals surface area contributed by atoms with E-state index in [-0.39, 0.29) is 5.56 Å². The van der Waals surface area contributed by atoms with E-state index in [1.165, 1.54) is 12.1 Å². The van der Waals surface area contributed by atoms with E-state index in [0.717, 1.165) is 17.4 Å². The molecule has 0 spiro atoms. The molecule has 1 aliphatic heterocycles. The molecule has 7 nitrogen and oxygen atoms in total. The number of ether oxygens (including phenoxy) is 1. The Morgan fingerprint density at radius 2 is 1.91 bits per heavy atom. The predicted octanol–water partition coefficient (Wildman–Crippen LogP) is 4.90. The van der Waals surface area contributed by atoms with E-state index in [2.05, 4.69) is 20.1 Å². The van der Waals surface area contributed by atoms with Gasteiger partial charge in [-0.25, -0.2) is 19.6 Å². The highest BCUT2D eigenvalue weighted by molar-refractivity contribution is 5.65. The largest absolute Gasteiger partial charge is 0.479 e. The highest BCUT2D eigenvalue weighted by Gasteiger charge is 2.38.